The summed E-state index contributed by atoms with van der Waals surface area (Å²) in [6.45, 7) is 1.71. The molecular weight excluding hydrogens is 336 g/mol. The monoisotopic (exact) mass is 348 g/mol. The molecule has 0 N–H and O–H groups in total. The molecule has 0 spiro atoms. The molecule has 1 aliphatic heterocycles. The van der Waals surface area contributed by atoms with Crippen molar-refractivity contribution < 1.29 is 4.92 Å². The van der Waals surface area contributed by atoms with Gasteiger partial charge in [-0.1, -0.05) is 23.7 Å². The predicted octanol–water partition coefficient (Wildman–Crippen LogP) is 3.33. The van der Waals surface area contributed by atoms with Crippen LogP contribution >= 0.6 is 22.9 Å². The van der Waals surface area contributed by atoms with Crippen molar-refractivity contribution in [3.05, 3.63) is 67.2 Å². The number of aliphatic imine (C=N–C) groups is 1. The molecule has 8 heteroatoms. The van der Waals surface area contributed by atoms with Gasteiger partial charge in [0.05, 0.1) is 11.5 Å². The molecule has 0 bridgehead atoms. The van der Waals surface area contributed by atoms with Crippen LogP contribution < -0.4 is 0 Å². The minimum atomic E-state index is -0.378. The molecule has 0 radical (unpaired) electrons. The Balaban J connectivity index is 1.84. The van der Waals surface area contributed by atoms with Gasteiger partial charge in [0.15, 0.2) is 0 Å². The van der Waals surface area contributed by atoms with Gasteiger partial charge >= 0.3 is 5.70 Å². The molecular formula is C15H13ClN4O2S. The Labute approximate surface area is 141 Å². The van der Waals surface area contributed by atoms with Crippen LogP contribution in [0.4, 0.5) is 0 Å². The van der Waals surface area contributed by atoms with E-state index in [9.17, 15) is 10.1 Å². The maximum Gasteiger partial charge on any atom is 0.312 e. The topological polar surface area (TPSA) is 71.6 Å². The van der Waals surface area contributed by atoms with Gasteiger partial charge in [0.25, 0.3) is 0 Å². The average molecular weight is 349 g/mol. The Hall–Kier alpha value is -2.25. The van der Waals surface area contributed by atoms with Crippen LogP contribution in [0.2, 0.25) is 5.15 Å². The average Bonchev–Trinajstić information content (AvgIpc) is 3.18. The van der Waals surface area contributed by atoms with E-state index in [1.165, 1.54) is 11.3 Å². The molecule has 0 aliphatic carbocycles. The Morgan fingerprint density at radius 2 is 2.35 bits per heavy atom. The lowest BCUT2D eigenvalue weighted by molar-refractivity contribution is -0.414. The maximum atomic E-state index is 11.5. The standard InChI is InChI=1S/C15H13ClN4O2S/c16-14-4-3-11(9-18-14)10-19-6-5-17-15(19)13(20(21)22)8-12-2-1-7-23-12/h1-4,7-9H,5-6,10H2/b13-8-. The smallest absolute Gasteiger partial charge is 0.312 e. The fraction of sp³-hybridized carbons (Fsp3) is 0.200. The third-order valence-electron chi connectivity index (χ3n) is 3.34. The Bertz CT molecular complexity index is 756. The molecule has 1 aliphatic rings. The quantitative estimate of drug-likeness (QED) is 0.472. The van der Waals surface area contributed by atoms with E-state index in [1.807, 2.05) is 28.5 Å². The first-order chi connectivity index (χ1) is 11.1. The zero-order valence-corrected chi connectivity index (χ0v) is 13.6. The van der Waals surface area contributed by atoms with Gasteiger partial charge in [-0.15, -0.1) is 11.3 Å². The van der Waals surface area contributed by atoms with Gasteiger partial charge in [0, 0.05) is 30.2 Å². The summed E-state index contributed by atoms with van der Waals surface area (Å²) in [7, 11) is 0. The number of hydrogen-bond acceptors (Lipinski definition) is 6. The Kier molecular flexibility index (Phi) is 4.68. The molecule has 0 unspecified atom stereocenters. The van der Waals surface area contributed by atoms with Gasteiger partial charge in [-0.2, -0.15) is 0 Å². The summed E-state index contributed by atoms with van der Waals surface area (Å²) in [4.78, 5) is 22.2. The van der Waals surface area contributed by atoms with Crippen LogP contribution in [-0.2, 0) is 6.54 Å². The summed E-state index contributed by atoms with van der Waals surface area (Å²) in [5.74, 6) is 0.415. The minimum Gasteiger partial charge on any atom is -0.345 e. The summed E-state index contributed by atoms with van der Waals surface area (Å²) in [6.07, 6.45) is 3.25. The number of nitro groups is 1. The van der Waals surface area contributed by atoms with Crippen LogP contribution in [0.1, 0.15) is 10.4 Å². The van der Waals surface area contributed by atoms with Crippen LogP contribution in [0.3, 0.4) is 0 Å². The zero-order valence-electron chi connectivity index (χ0n) is 12.1. The summed E-state index contributed by atoms with van der Waals surface area (Å²) in [6, 6.07) is 7.28. The number of hydrogen-bond donors (Lipinski definition) is 0. The van der Waals surface area contributed by atoms with Crippen molar-refractivity contribution in [2.45, 2.75) is 6.54 Å². The molecule has 118 valence electrons. The van der Waals surface area contributed by atoms with Crippen LogP contribution in [0.5, 0.6) is 0 Å². The van der Waals surface area contributed by atoms with Crippen LogP contribution in [0.15, 0.2) is 46.5 Å². The van der Waals surface area contributed by atoms with Crippen LogP contribution in [0.25, 0.3) is 6.08 Å². The summed E-state index contributed by atoms with van der Waals surface area (Å²) in [5, 5.41) is 13.8. The number of amidine groups is 1. The third-order valence-corrected chi connectivity index (χ3v) is 4.38. The number of pyridine rings is 1. The highest BCUT2D eigenvalue weighted by molar-refractivity contribution is 7.10. The highest BCUT2D eigenvalue weighted by Crippen LogP contribution is 2.20. The second-order valence-corrected chi connectivity index (χ2v) is 6.28. The highest BCUT2D eigenvalue weighted by atomic mass is 35.5. The van der Waals surface area contributed by atoms with Gasteiger partial charge in [0.2, 0.25) is 5.84 Å². The van der Waals surface area contributed by atoms with Gasteiger partial charge in [-0.3, -0.25) is 15.1 Å². The Morgan fingerprint density at radius 1 is 1.48 bits per heavy atom. The first kappa shape index (κ1) is 15.6. The van der Waals surface area contributed by atoms with Gasteiger partial charge in [-0.25, -0.2) is 4.98 Å². The molecule has 23 heavy (non-hydrogen) atoms. The van der Waals surface area contributed by atoms with E-state index in [0.29, 0.717) is 30.6 Å². The highest BCUT2D eigenvalue weighted by Gasteiger charge is 2.29. The molecule has 0 fully saturated rings. The number of aromatic nitrogens is 1. The number of thiophene rings is 1. The zero-order chi connectivity index (χ0) is 16.2. The molecule has 3 heterocycles. The lowest BCUT2D eigenvalue weighted by atomic mass is 10.2. The van der Waals surface area contributed by atoms with Crippen molar-refractivity contribution in [2.24, 2.45) is 4.99 Å². The van der Waals surface area contributed by atoms with E-state index in [0.717, 1.165) is 10.4 Å². The first-order valence-corrected chi connectivity index (χ1v) is 8.19. The summed E-state index contributed by atoms with van der Waals surface area (Å²) in [5.41, 5.74) is 0.953. The number of nitrogens with zero attached hydrogens (tertiary/aromatic N) is 4. The lowest BCUT2D eigenvalue weighted by Gasteiger charge is -2.18. The van der Waals surface area contributed by atoms with Crippen molar-refractivity contribution in [2.75, 3.05) is 13.1 Å². The molecule has 3 rings (SSSR count). The normalized spacial score (nSPS) is 14.9. The van der Waals surface area contributed by atoms with E-state index < -0.39 is 0 Å². The SMILES string of the molecule is O=[N+]([O-])/C(=C\c1cccs1)C1=NCCN1Cc1ccc(Cl)nc1. The van der Waals surface area contributed by atoms with Gasteiger partial charge in [-0.05, 0) is 23.1 Å². The summed E-state index contributed by atoms with van der Waals surface area (Å²) < 4.78 is 0. The fourth-order valence-electron chi connectivity index (χ4n) is 2.31. The van der Waals surface area contributed by atoms with Crippen LogP contribution in [0, 0.1) is 10.1 Å². The van der Waals surface area contributed by atoms with E-state index in [4.69, 9.17) is 11.6 Å². The lowest BCUT2D eigenvalue weighted by Crippen LogP contribution is -2.30. The molecule has 0 aromatic carbocycles. The largest absolute Gasteiger partial charge is 0.345 e. The number of rotatable bonds is 5. The van der Waals surface area contributed by atoms with Crippen LogP contribution in [-0.4, -0.2) is 33.7 Å². The second kappa shape index (κ2) is 6.89. The minimum absolute atomic E-state index is 0.0203. The van der Waals surface area contributed by atoms with E-state index in [-0.39, 0.29) is 10.6 Å². The van der Waals surface area contributed by atoms with Crippen molar-refractivity contribution in [1.82, 2.24) is 9.88 Å². The van der Waals surface area contributed by atoms with Crippen molar-refractivity contribution in [3.8, 4) is 0 Å². The fourth-order valence-corrected chi connectivity index (χ4v) is 3.07. The Morgan fingerprint density at radius 3 is 3.00 bits per heavy atom. The molecule has 0 saturated heterocycles. The molecule has 6 nitrogen and oxygen atoms in total. The second-order valence-electron chi connectivity index (χ2n) is 4.92. The van der Waals surface area contributed by atoms with Gasteiger partial charge in [0.1, 0.15) is 5.15 Å². The molecule has 0 amide bonds. The molecule has 0 atom stereocenters. The van der Waals surface area contributed by atoms with E-state index in [1.54, 1.807) is 18.3 Å². The van der Waals surface area contributed by atoms with Crippen molar-refractivity contribution in [3.63, 3.8) is 0 Å². The first-order valence-electron chi connectivity index (χ1n) is 6.93. The van der Waals surface area contributed by atoms with E-state index in [2.05, 4.69) is 9.98 Å². The summed E-state index contributed by atoms with van der Waals surface area (Å²) >= 11 is 7.24. The predicted molar refractivity (Wildman–Crippen MR) is 91.2 cm³/mol. The van der Waals surface area contributed by atoms with E-state index >= 15 is 0 Å². The van der Waals surface area contributed by atoms with Crippen molar-refractivity contribution in [1.29, 1.82) is 0 Å². The number of halogens is 1. The van der Waals surface area contributed by atoms with Gasteiger partial charge < -0.3 is 4.90 Å². The molecule has 0 saturated carbocycles. The third kappa shape index (κ3) is 3.75. The molecule has 2 aromatic heterocycles. The molecule has 2 aromatic rings. The van der Waals surface area contributed by atoms with Crippen molar-refractivity contribution >= 4 is 34.8 Å². The maximum absolute atomic E-state index is 11.5.